The van der Waals surface area contributed by atoms with Crippen molar-refractivity contribution in [2.45, 2.75) is 13.0 Å². The third kappa shape index (κ3) is 2.04. The van der Waals surface area contributed by atoms with Crippen molar-refractivity contribution in [2.24, 2.45) is 5.92 Å². The lowest BCUT2D eigenvalue weighted by atomic mass is 10.1. The zero-order chi connectivity index (χ0) is 12.6. The van der Waals surface area contributed by atoms with Crippen LogP contribution in [0.1, 0.15) is 6.92 Å². The number of carbonyl (C=O) groups excluding carboxylic acids is 2. The third-order valence-corrected chi connectivity index (χ3v) is 3.29. The van der Waals surface area contributed by atoms with E-state index in [0.717, 1.165) is 0 Å². The van der Waals surface area contributed by atoms with Gasteiger partial charge in [-0.2, -0.15) is 0 Å². The number of piperazine rings is 1. The normalized spacial score (nSPS) is 25.2. The molecule has 2 unspecified atom stereocenters. The Bertz CT molecular complexity index is 371. The number of hydrogen-bond donors (Lipinski definition) is 2. The van der Waals surface area contributed by atoms with Gasteiger partial charge in [-0.15, -0.1) is 0 Å². The maximum atomic E-state index is 11.8. The quantitative estimate of drug-likeness (QED) is 0.603. The molecule has 3 amide bonds. The molecule has 0 saturated carbocycles. The summed E-state index contributed by atoms with van der Waals surface area (Å²) in [6.07, 6.45) is 0. The van der Waals surface area contributed by atoms with Gasteiger partial charge < -0.3 is 20.2 Å². The van der Waals surface area contributed by atoms with Crippen molar-refractivity contribution in [1.29, 1.82) is 0 Å². The summed E-state index contributed by atoms with van der Waals surface area (Å²) in [5.41, 5.74) is 0. The van der Waals surface area contributed by atoms with Crippen LogP contribution in [0.25, 0.3) is 0 Å². The molecule has 0 aromatic carbocycles. The van der Waals surface area contributed by atoms with Gasteiger partial charge in [-0.25, -0.2) is 4.79 Å². The monoisotopic (exact) mass is 241 g/mol. The first-order valence-electron chi connectivity index (χ1n) is 5.56. The molecule has 2 fully saturated rings. The molecule has 0 radical (unpaired) electrons. The summed E-state index contributed by atoms with van der Waals surface area (Å²) in [5, 5.41) is 11.5. The number of carboxylic acids is 1. The van der Waals surface area contributed by atoms with Crippen molar-refractivity contribution < 1.29 is 19.5 Å². The van der Waals surface area contributed by atoms with Gasteiger partial charge in [0.2, 0.25) is 5.91 Å². The molecule has 7 heteroatoms. The van der Waals surface area contributed by atoms with Crippen molar-refractivity contribution in [3.05, 3.63) is 0 Å². The predicted octanol–water partition coefficient (Wildman–Crippen LogP) is -1.06. The summed E-state index contributed by atoms with van der Waals surface area (Å²) in [5.74, 6) is -2.51. The Morgan fingerprint density at radius 1 is 1.47 bits per heavy atom. The lowest BCUT2D eigenvalue weighted by molar-refractivity contribution is -0.151. The van der Waals surface area contributed by atoms with E-state index in [1.165, 1.54) is 11.8 Å². The van der Waals surface area contributed by atoms with E-state index in [-0.39, 0.29) is 18.0 Å². The largest absolute Gasteiger partial charge is 0.481 e. The first kappa shape index (κ1) is 11.7. The molecule has 7 nitrogen and oxygen atoms in total. The smallest absolute Gasteiger partial charge is 0.317 e. The number of fused-ring (bicyclic) bond motifs is 1. The highest BCUT2D eigenvalue weighted by Crippen LogP contribution is 2.16. The van der Waals surface area contributed by atoms with E-state index in [9.17, 15) is 14.4 Å². The minimum absolute atomic E-state index is 0.0267. The highest BCUT2D eigenvalue weighted by atomic mass is 16.4. The molecule has 0 aliphatic carbocycles. The second-order valence-electron chi connectivity index (χ2n) is 4.38. The van der Waals surface area contributed by atoms with Crippen LogP contribution in [0, 0.1) is 5.92 Å². The molecule has 2 aliphatic rings. The minimum atomic E-state index is -1.11. The number of carbonyl (C=O) groups is 3. The number of nitrogens with zero attached hydrogens (tertiary/aromatic N) is 2. The van der Waals surface area contributed by atoms with Crippen molar-refractivity contribution in [2.75, 3.05) is 26.2 Å². The van der Waals surface area contributed by atoms with E-state index in [0.29, 0.717) is 26.2 Å². The molecular weight excluding hydrogens is 226 g/mol. The van der Waals surface area contributed by atoms with Crippen LogP contribution in [0.2, 0.25) is 0 Å². The van der Waals surface area contributed by atoms with E-state index >= 15 is 0 Å². The molecule has 17 heavy (non-hydrogen) atoms. The highest BCUT2D eigenvalue weighted by Gasteiger charge is 2.38. The third-order valence-electron chi connectivity index (χ3n) is 3.29. The van der Waals surface area contributed by atoms with E-state index in [1.807, 2.05) is 0 Å². The number of aliphatic carboxylic acids is 1. The molecule has 0 bridgehead atoms. The molecule has 2 N–H and O–H groups in total. The molecular formula is C10H15N3O4. The van der Waals surface area contributed by atoms with E-state index in [1.54, 1.807) is 4.90 Å². The Morgan fingerprint density at radius 3 is 2.82 bits per heavy atom. The molecule has 2 heterocycles. The summed E-state index contributed by atoms with van der Waals surface area (Å²) >= 11 is 0. The second-order valence-corrected chi connectivity index (χ2v) is 4.38. The fourth-order valence-corrected chi connectivity index (χ4v) is 2.18. The molecule has 2 aliphatic heterocycles. The lowest BCUT2D eigenvalue weighted by Gasteiger charge is -2.37. The van der Waals surface area contributed by atoms with Crippen LogP contribution in [0.15, 0.2) is 0 Å². The van der Waals surface area contributed by atoms with Gasteiger partial charge in [-0.1, -0.05) is 0 Å². The number of urea groups is 1. The Kier molecular flexibility index (Phi) is 2.91. The number of rotatable bonds is 2. The maximum absolute atomic E-state index is 11.8. The van der Waals surface area contributed by atoms with Crippen molar-refractivity contribution in [3.63, 3.8) is 0 Å². The summed E-state index contributed by atoms with van der Waals surface area (Å²) in [6, 6.07) is -0.130. The average molecular weight is 241 g/mol. The van der Waals surface area contributed by atoms with Crippen molar-refractivity contribution in [3.8, 4) is 0 Å². The number of hydrogen-bond acceptors (Lipinski definition) is 3. The van der Waals surface area contributed by atoms with Gasteiger partial charge in [0.15, 0.2) is 0 Å². The lowest BCUT2D eigenvalue weighted by Crippen LogP contribution is -2.55. The topological polar surface area (TPSA) is 90.0 Å². The zero-order valence-electron chi connectivity index (χ0n) is 9.55. The van der Waals surface area contributed by atoms with Crippen molar-refractivity contribution >= 4 is 17.9 Å². The highest BCUT2D eigenvalue weighted by molar-refractivity contribution is 5.96. The first-order valence-corrected chi connectivity index (χ1v) is 5.56. The van der Waals surface area contributed by atoms with E-state index < -0.39 is 11.9 Å². The van der Waals surface area contributed by atoms with E-state index in [2.05, 4.69) is 5.32 Å². The van der Waals surface area contributed by atoms with Crippen LogP contribution < -0.4 is 5.32 Å². The van der Waals surface area contributed by atoms with Crippen LogP contribution in [0.4, 0.5) is 4.79 Å². The van der Waals surface area contributed by atoms with Gasteiger partial charge in [0.05, 0.1) is 6.04 Å². The van der Waals surface area contributed by atoms with Crippen LogP contribution in [0.5, 0.6) is 0 Å². The fraction of sp³-hybridized carbons (Fsp3) is 0.700. The SMILES string of the molecule is CC(C(=O)O)C(=O)N1CCN2C(=O)NCC2C1. The molecule has 2 atom stereocenters. The Balaban J connectivity index is 1.99. The fourth-order valence-electron chi connectivity index (χ4n) is 2.18. The summed E-state index contributed by atoms with van der Waals surface area (Å²) in [4.78, 5) is 37.1. The average Bonchev–Trinajstić information content (AvgIpc) is 2.68. The summed E-state index contributed by atoms with van der Waals surface area (Å²) < 4.78 is 0. The Hall–Kier alpha value is -1.79. The maximum Gasteiger partial charge on any atom is 0.317 e. The Labute approximate surface area is 98.4 Å². The molecule has 0 aromatic heterocycles. The number of carboxylic acid groups (broad SMARTS) is 1. The first-order chi connectivity index (χ1) is 8.00. The Morgan fingerprint density at radius 2 is 2.18 bits per heavy atom. The van der Waals surface area contributed by atoms with Gasteiger partial charge in [0.25, 0.3) is 0 Å². The standard InChI is InChI=1S/C10H15N3O4/c1-6(9(15)16)8(14)12-2-3-13-7(5-12)4-11-10(13)17/h6-7H,2-5H2,1H3,(H,11,17)(H,15,16). The zero-order valence-corrected chi connectivity index (χ0v) is 9.55. The number of amides is 3. The molecule has 2 rings (SSSR count). The van der Waals surface area contributed by atoms with Gasteiger partial charge in [-0.05, 0) is 6.92 Å². The summed E-state index contributed by atoms with van der Waals surface area (Å²) in [6.45, 7) is 3.18. The second kappa shape index (κ2) is 4.23. The van der Waals surface area contributed by atoms with Crippen LogP contribution in [-0.2, 0) is 9.59 Å². The van der Waals surface area contributed by atoms with E-state index in [4.69, 9.17) is 5.11 Å². The molecule has 2 saturated heterocycles. The van der Waals surface area contributed by atoms with Gasteiger partial charge >= 0.3 is 12.0 Å². The van der Waals surface area contributed by atoms with Crippen LogP contribution >= 0.6 is 0 Å². The van der Waals surface area contributed by atoms with Crippen LogP contribution in [0.3, 0.4) is 0 Å². The molecule has 0 aromatic rings. The van der Waals surface area contributed by atoms with Gasteiger partial charge in [0, 0.05) is 26.2 Å². The van der Waals surface area contributed by atoms with Gasteiger partial charge in [-0.3, -0.25) is 9.59 Å². The number of nitrogens with one attached hydrogen (secondary N) is 1. The summed E-state index contributed by atoms with van der Waals surface area (Å²) in [7, 11) is 0. The minimum Gasteiger partial charge on any atom is -0.481 e. The molecule has 94 valence electrons. The molecule has 0 spiro atoms. The van der Waals surface area contributed by atoms with Crippen molar-refractivity contribution in [1.82, 2.24) is 15.1 Å². The predicted molar refractivity (Wildman–Crippen MR) is 57.3 cm³/mol. The van der Waals surface area contributed by atoms with Crippen LogP contribution in [-0.4, -0.2) is 65.0 Å². The van der Waals surface area contributed by atoms with Gasteiger partial charge in [0.1, 0.15) is 5.92 Å².